The number of ether oxygens (including phenoxy) is 1. The Bertz CT molecular complexity index is 251. The lowest BCUT2D eigenvalue weighted by Gasteiger charge is -2.25. The standard InChI is InChI=1S/C12H24N2O3/c1-12(2,3)17-11(16)13-9-10-5-4-6-14(10)7-8-15/h10,15H,4-9H2,1-3H3,(H,13,16)/t10-/m1/s1. The van der Waals surface area contributed by atoms with Crippen LogP contribution in [0.1, 0.15) is 33.6 Å². The molecule has 0 spiro atoms. The lowest BCUT2D eigenvalue weighted by molar-refractivity contribution is 0.0511. The lowest BCUT2D eigenvalue weighted by atomic mass is 10.2. The predicted molar refractivity (Wildman–Crippen MR) is 65.9 cm³/mol. The first-order chi connectivity index (χ1) is 7.92. The van der Waals surface area contributed by atoms with Crippen molar-refractivity contribution in [2.24, 2.45) is 0 Å². The highest BCUT2D eigenvalue weighted by Crippen LogP contribution is 2.15. The van der Waals surface area contributed by atoms with Gasteiger partial charge in [-0.2, -0.15) is 0 Å². The van der Waals surface area contributed by atoms with Crippen LogP contribution in [0.5, 0.6) is 0 Å². The molecule has 0 unspecified atom stereocenters. The van der Waals surface area contributed by atoms with E-state index in [1.54, 1.807) is 0 Å². The second-order valence-corrected chi connectivity index (χ2v) is 5.44. The first-order valence-corrected chi connectivity index (χ1v) is 6.24. The van der Waals surface area contributed by atoms with Crippen molar-refractivity contribution >= 4 is 6.09 Å². The molecule has 0 bridgehead atoms. The van der Waals surface area contributed by atoms with Crippen molar-refractivity contribution in [3.63, 3.8) is 0 Å². The van der Waals surface area contributed by atoms with Crippen LogP contribution in [0.2, 0.25) is 0 Å². The molecule has 0 aromatic heterocycles. The molecule has 0 aromatic rings. The van der Waals surface area contributed by atoms with Crippen molar-refractivity contribution in [3.8, 4) is 0 Å². The maximum absolute atomic E-state index is 11.5. The van der Waals surface area contributed by atoms with E-state index in [0.29, 0.717) is 19.1 Å². The van der Waals surface area contributed by atoms with E-state index in [0.717, 1.165) is 19.4 Å². The van der Waals surface area contributed by atoms with Gasteiger partial charge in [0.05, 0.1) is 6.61 Å². The normalized spacial score (nSPS) is 21.5. The molecule has 100 valence electrons. The van der Waals surface area contributed by atoms with Gasteiger partial charge in [-0.3, -0.25) is 4.90 Å². The second kappa shape index (κ2) is 6.21. The van der Waals surface area contributed by atoms with Crippen LogP contribution < -0.4 is 5.32 Å². The van der Waals surface area contributed by atoms with Crippen molar-refractivity contribution in [1.29, 1.82) is 0 Å². The molecule has 1 rings (SSSR count). The van der Waals surface area contributed by atoms with Gasteiger partial charge in [-0.15, -0.1) is 0 Å². The Labute approximate surface area is 103 Å². The SMILES string of the molecule is CC(C)(C)OC(=O)NC[C@H]1CCCN1CCO. The minimum absolute atomic E-state index is 0.170. The number of hydrogen-bond donors (Lipinski definition) is 2. The van der Waals surface area contributed by atoms with Crippen LogP contribution in [-0.4, -0.2) is 54.0 Å². The molecule has 5 heteroatoms. The number of alkyl carbamates (subject to hydrolysis) is 1. The Hall–Kier alpha value is -0.810. The molecule has 17 heavy (non-hydrogen) atoms. The number of aliphatic hydroxyl groups is 1. The van der Waals surface area contributed by atoms with Gasteiger partial charge in [-0.1, -0.05) is 0 Å². The van der Waals surface area contributed by atoms with Crippen molar-refractivity contribution in [2.45, 2.75) is 45.3 Å². The zero-order valence-corrected chi connectivity index (χ0v) is 11.0. The summed E-state index contributed by atoms with van der Waals surface area (Å²) >= 11 is 0. The highest BCUT2D eigenvalue weighted by molar-refractivity contribution is 5.67. The van der Waals surface area contributed by atoms with Gasteiger partial charge in [0.1, 0.15) is 5.60 Å². The zero-order chi connectivity index (χ0) is 12.9. The third-order valence-corrected chi connectivity index (χ3v) is 2.77. The minimum atomic E-state index is -0.454. The van der Waals surface area contributed by atoms with Gasteiger partial charge < -0.3 is 15.2 Å². The smallest absolute Gasteiger partial charge is 0.407 e. The quantitative estimate of drug-likeness (QED) is 0.773. The van der Waals surface area contributed by atoms with Crippen LogP contribution in [0.15, 0.2) is 0 Å². The highest BCUT2D eigenvalue weighted by atomic mass is 16.6. The summed E-state index contributed by atoms with van der Waals surface area (Å²) in [7, 11) is 0. The van der Waals surface area contributed by atoms with E-state index >= 15 is 0 Å². The summed E-state index contributed by atoms with van der Waals surface area (Å²) in [5.41, 5.74) is -0.454. The number of nitrogens with one attached hydrogen (secondary N) is 1. The number of likely N-dealkylation sites (tertiary alicyclic amines) is 1. The molecule has 1 amide bonds. The summed E-state index contributed by atoms with van der Waals surface area (Å²) in [5, 5.41) is 11.7. The van der Waals surface area contributed by atoms with E-state index in [1.165, 1.54) is 0 Å². The molecule has 1 saturated heterocycles. The van der Waals surface area contributed by atoms with Gasteiger partial charge >= 0.3 is 6.09 Å². The molecule has 2 N–H and O–H groups in total. The third kappa shape index (κ3) is 5.37. The van der Waals surface area contributed by atoms with Gasteiger partial charge in [0, 0.05) is 19.1 Å². The molecule has 1 aliphatic heterocycles. The van der Waals surface area contributed by atoms with E-state index in [1.807, 2.05) is 20.8 Å². The van der Waals surface area contributed by atoms with E-state index in [4.69, 9.17) is 9.84 Å². The molecule has 0 saturated carbocycles. The van der Waals surface area contributed by atoms with Gasteiger partial charge in [0.15, 0.2) is 0 Å². The van der Waals surface area contributed by atoms with Crippen LogP contribution in [0.25, 0.3) is 0 Å². The largest absolute Gasteiger partial charge is 0.444 e. The molecule has 1 heterocycles. The zero-order valence-electron chi connectivity index (χ0n) is 11.0. The molecule has 1 atom stereocenters. The fourth-order valence-electron chi connectivity index (χ4n) is 2.06. The number of hydrogen-bond acceptors (Lipinski definition) is 4. The summed E-state index contributed by atoms with van der Waals surface area (Å²) in [6.07, 6.45) is 1.82. The first-order valence-electron chi connectivity index (χ1n) is 6.24. The minimum Gasteiger partial charge on any atom is -0.444 e. The summed E-state index contributed by atoms with van der Waals surface area (Å²) in [4.78, 5) is 13.7. The summed E-state index contributed by atoms with van der Waals surface area (Å²) in [6, 6.07) is 0.328. The topological polar surface area (TPSA) is 61.8 Å². The average molecular weight is 244 g/mol. The van der Waals surface area contributed by atoms with Gasteiger partial charge in [0.2, 0.25) is 0 Å². The number of aliphatic hydroxyl groups excluding tert-OH is 1. The number of carbonyl (C=O) groups excluding carboxylic acids is 1. The van der Waals surface area contributed by atoms with Gasteiger partial charge in [-0.05, 0) is 40.2 Å². The van der Waals surface area contributed by atoms with Crippen LogP contribution in [0, 0.1) is 0 Å². The van der Waals surface area contributed by atoms with Gasteiger partial charge in [-0.25, -0.2) is 4.79 Å². The van der Waals surface area contributed by atoms with Crippen LogP contribution >= 0.6 is 0 Å². The van der Waals surface area contributed by atoms with Crippen molar-refractivity contribution in [1.82, 2.24) is 10.2 Å². The second-order valence-electron chi connectivity index (χ2n) is 5.44. The molecule has 0 aliphatic carbocycles. The third-order valence-electron chi connectivity index (χ3n) is 2.77. The number of nitrogens with zero attached hydrogens (tertiary/aromatic N) is 1. The lowest BCUT2D eigenvalue weighted by Crippen LogP contribution is -2.42. The van der Waals surface area contributed by atoms with E-state index in [9.17, 15) is 4.79 Å². The summed E-state index contributed by atoms with van der Waals surface area (Å²) in [5.74, 6) is 0. The molecule has 0 radical (unpaired) electrons. The summed E-state index contributed by atoms with van der Waals surface area (Å²) < 4.78 is 5.17. The van der Waals surface area contributed by atoms with E-state index < -0.39 is 5.60 Å². The Morgan fingerprint density at radius 3 is 2.82 bits per heavy atom. The Balaban J connectivity index is 2.27. The Morgan fingerprint density at radius 2 is 2.24 bits per heavy atom. The fourth-order valence-corrected chi connectivity index (χ4v) is 2.06. The highest BCUT2D eigenvalue weighted by Gasteiger charge is 2.25. The van der Waals surface area contributed by atoms with Crippen LogP contribution in [0.4, 0.5) is 4.79 Å². The molecule has 1 aliphatic rings. The van der Waals surface area contributed by atoms with Crippen LogP contribution in [0.3, 0.4) is 0 Å². The fraction of sp³-hybridized carbons (Fsp3) is 0.917. The van der Waals surface area contributed by atoms with E-state index in [2.05, 4.69) is 10.2 Å². The number of β-amino-alcohol motifs (C(OH)–C–C–N with tert-alkyl or cyclic N) is 1. The molecule has 5 nitrogen and oxygen atoms in total. The van der Waals surface area contributed by atoms with Gasteiger partial charge in [0.25, 0.3) is 0 Å². The van der Waals surface area contributed by atoms with Crippen molar-refractivity contribution in [2.75, 3.05) is 26.2 Å². The van der Waals surface area contributed by atoms with E-state index in [-0.39, 0.29) is 12.7 Å². The molecule has 0 aromatic carbocycles. The maximum atomic E-state index is 11.5. The number of amides is 1. The maximum Gasteiger partial charge on any atom is 0.407 e. The number of carbonyl (C=O) groups is 1. The first kappa shape index (κ1) is 14.3. The monoisotopic (exact) mass is 244 g/mol. The Kier molecular flexibility index (Phi) is 5.21. The van der Waals surface area contributed by atoms with Crippen molar-refractivity contribution in [3.05, 3.63) is 0 Å². The van der Waals surface area contributed by atoms with Crippen LogP contribution in [-0.2, 0) is 4.74 Å². The number of rotatable bonds is 4. The molecular weight excluding hydrogens is 220 g/mol. The predicted octanol–water partition coefficient (Wildman–Crippen LogP) is 0.968. The average Bonchev–Trinajstić information content (AvgIpc) is 2.60. The summed E-state index contributed by atoms with van der Waals surface area (Å²) in [6.45, 7) is 7.99. The Morgan fingerprint density at radius 1 is 1.53 bits per heavy atom. The molecular formula is C12H24N2O3. The van der Waals surface area contributed by atoms with Crippen molar-refractivity contribution < 1.29 is 14.6 Å². The molecule has 1 fully saturated rings.